The van der Waals surface area contributed by atoms with Crippen molar-refractivity contribution < 1.29 is 14.2 Å². The highest BCUT2D eigenvalue weighted by atomic mass is 127. The molecule has 33 heavy (non-hydrogen) atoms. The molecule has 1 aromatic carbocycles. The van der Waals surface area contributed by atoms with Gasteiger partial charge in [-0.15, -0.1) is 24.0 Å². The van der Waals surface area contributed by atoms with Gasteiger partial charge in [0.2, 0.25) is 0 Å². The Morgan fingerprint density at radius 3 is 2.48 bits per heavy atom. The van der Waals surface area contributed by atoms with Gasteiger partial charge in [0, 0.05) is 45.3 Å². The molecule has 0 bridgehead atoms. The third-order valence-corrected chi connectivity index (χ3v) is 6.94. The number of rotatable bonds is 7. The molecular formula is C26H42IN3O3. The molecule has 3 fully saturated rings. The van der Waals surface area contributed by atoms with E-state index in [2.05, 4.69) is 48.3 Å². The van der Waals surface area contributed by atoms with Crippen molar-refractivity contribution in [1.29, 1.82) is 0 Å². The van der Waals surface area contributed by atoms with Crippen LogP contribution in [0.15, 0.2) is 29.3 Å². The molecule has 7 heteroatoms. The lowest BCUT2D eigenvalue weighted by Gasteiger charge is -2.35. The molecule has 0 amide bonds. The summed E-state index contributed by atoms with van der Waals surface area (Å²) in [4.78, 5) is 7.48. The average Bonchev–Trinajstić information content (AvgIpc) is 3.35. The standard InChI is InChI=1S/C26H41N3O3.HI/c1-3-27-26(29-14-12-23(13-15-29)32-19-24-7-5-16-30-24)28-18-22-6-4-17-31-25(22)21-10-8-20(2)9-11-21;/h8-11,22-25H,3-7,12-19H2,1-2H3,(H,27,28);1H. The maximum Gasteiger partial charge on any atom is 0.193 e. The summed E-state index contributed by atoms with van der Waals surface area (Å²) in [6.07, 6.45) is 7.50. The number of guanidine groups is 1. The fourth-order valence-electron chi connectivity index (χ4n) is 5.04. The Bertz CT molecular complexity index is 716. The van der Waals surface area contributed by atoms with Crippen molar-refractivity contribution in [2.75, 3.05) is 46.0 Å². The number of benzene rings is 1. The van der Waals surface area contributed by atoms with Gasteiger partial charge in [-0.2, -0.15) is 0 Å². The van der Waals surface area contributed by atoms with Crippen LogP contribution >= 0.6 is 24.0 Å². The van der Waals surface area contributed by atoms with Gasteiger partial charge in [-0.3, -0.25) is 4.99 Å². The summed E-state index contributed by atoms with van der Waals surface area (Å²) in [5, 5.41) is 3.52. The molecule has 186 valence electrons. The van der Waals surface area contributed by atoms with Gasteiger partial charge in [0.1, 0.15) is 0 Å². The van der Waals surface area contributed by atoms with Crippen LogP contribution in [0.25, 0.3) is 0 Å². The van der Waals surface area contributed by atoms with E-state index in [9.17, 15) is 0 Å². The Kier molecular flexibility index (Phi) is 11.2. The van der Waals surface area contributed by atoms with E-state index in [1.54, 1.807) is 0 Å². The number of aryl methyl sites for hydroxylation is 1. The number of hydrogen-bond acceptors (Lipinski definition) is 4. The van der Waals surface area contributed by atoms with E-state index in [1.807, 2.05) is 0 Å². The Morgan fingerprint density at radius 1 is 1.06 bits per heavy atom. The number of likely N-dealkylation sites (tertiary alicyclic amines) is 1. The van der Waals surface area contributed by atoms with Crippen molar-refractivity contribution in [3.63, 3.8) is 0 Å². The van der Waals surface area contributed by atoms with Gasteiger partial charge in [-0.1, -0.05) is 29.8 Å². The van der Waals surface area contributed by atoms with Crippen LogP contribution in [0.4, 0.5) is 0 Å². The van der Waals surface area contributed by atoms with Gasteiger partial charge < -0.3 is 24.4 Å². The highest BCUT2D eigenvalue weighted by Crippen LogP contribution is 2.34. The Hall–Kier alpha value is -0.900. The topological polar surface area (TPSA) is 55.3 Å². The third kappa shape index (κ3) is 7.80. The molecule has 3 saturated heterocycles. The fraction of sp³-hybridized carbons (Fsp3) is 0.731. The monoisotopic (exact) mass is 571 g/mol. The number of nitrogens with zero attached hydrogens (tertiary/aromatic N) is 2. The lowest BCUT2D eigenvalue weighted by molar-refractivity contribution is -0.0368. The van der Waals surface area contributed by atoms with E-state index in [-0.39, 0.29) is 30.1 Å². The maximum atomic E-state index is 6.21. The third-order valence-electron chi connectivity index (χ3n) is 6.94. The molecule has 1 N–H and O–H groups in total. The molecule has 0 saturated carbocycles. The first-order valence-electron chi connectivity index (χ1n) is 12.7. The summed E-state index contributed by atoms with van der Waals surface area (Å²) < 4.78 is 18.1. The van der Waals surface area contributed by atoms with Crippen LogP contribution in [0.3, 0.4) is 0 Å². The molecule has 1 aromatic rings. The number of nitrogens with one attached hydrogen (secondary N) is 1. The largest absolute Gasteiger partial charge is 0.376 e. The second-order valence-electron chi connectivity index (χ2n) is 9.45. The molecule has 4 rings (SSSR count). The lowest BCUT2D eigenvalue weighted by Crippen LogP contribution is -2.47. The second kappa shape index (κ2) is 13.9. The van der Waals surface area contributed by atoms with E-state index in [0.29, 0.717) is 18.1 Å². The second-order valence-corrected chi connectivity index (χ2v) is 9.45. The van der Waals surface area contributed by atoms with Crippen LogP contribution in [0, 0.1) is 12.8 Å². The van der Waals surface area contributed by atoms with Crippen LogP contribution in [0.1, 0.15) is 62.7 Å². The van der Waals surface area contributed by atoms with Crippen LogP contribution in [0.2, 0.25) is 0 Å². The molecule has 3 aliphatic heterocycles. The summed E-state index contributed by atoms with van der Waals surface area (Å²) in [5.74, 6) is 1.46. The van der Waals surface area contributed by atoms with Gasteiger partial charge in [0.25, 0.3) is 0 Å². The molecule has 0 radical (unpaired) electrons. The molecule has 6 nitrogen and oxygen atoms in total. The van der Waals surface area contributed by atoms with E-state index < -0.39 is 0 Å². The molecule has 3 unspecified atom stereocenters. The smallest absolute Gasteiger partial charge is 0.193 e. The summed E-state index contributed by atoms with van der Waals surface area (Å²) >= 11 is 0. The first kappa shape index (κ1) is 26.7. The van der Waals surface area contributed by atoms with Gasteiger partial charge in [-0.05, 0) is 57.9 Å². The normalized spacial score (nSPS) is 26.8. The quantitative estimate of drug-likeness (QED) is 0.292. The van der Waals surface area contributed by atoms with Gasteiger partial charge in [0.05, 0.1) is 24.9 Å². The zero-order chi connectivity index (χ0) is 22.2. The zero-order valence-corrected chi connectivity index (χ0v) is 22.7. The minimum absolute atomic E-state index is 0. The van der Waals surface area contributed by atoms with Gasteiger partial charge >= 0.3 is 0 Å². The number of ether oxygens (including phenoxy) is 3. The van der Waals surface area contributed by atoms with Crippen LogP contribution in [-0.2, 0) is 14.2 Å². The van der Waals surface area contributed by atoms with Gasteiger partial charge in [0.15, 0.2) is 5.96 Å². The number of piperidine rings is 1. The van der Waals surface area contributed by atoms with E-state index in [4.69, 9.17) is 19.2 Å². The predicted octanol–water partition coefficient (Wildman–Crippen LogP) is 4.71. The Labute approximate surface area is 216 Å². The number of hydrogen-bond donors (Lipinski definition) is 1. The first-order valence-corrected chi connectivity index (χ1v) is 12.7. The summed E-state index contributed by atoms with van der Waals surface area (Å²) in [5.41, 5.74) is 2.57. The van der Waals surface area contributed by atoms with E-state index in [0.717, 1.165) is 77.6 Å². The van der Waals surface area contributed by atoms with Crippen molar-refractivity contribution >= 4 is 29.9 Å². The molecule has 3 aliphatic rings. The Balaban J connectivity index is 0.00000306. The maximum absolute atomic E-state index is 6.21. The zero-order valence-electron chi connectivity index (χ0n) is 20.3. The highest BCUT2D eigenvalue weighted by Gasteiger charge is 2.28. The SMILES string of the molecule is CCNC(=NCC1CCCOC1c1ccc(C)cc1)N1CCC(OCC2CCCO2)CC1.I. The lowest BCUT2D eigenvalue weighted by atomic mass is 9.89. The fourth-order valence-corrected chi connectivity index (χ4v) is 5.04. The average molecular weight is 572 g/mol. The van der Waals surface area contributed by atoms with Crippen LogP contribution < -0.4 is 5.32 Å². The number of aliphatic imine (C=N–C) groups is 1. The predicted molar refractivity (Wildman–Crippen MR) is 144 cm³/mol. The molecule has 0 spiro atoms. The van der Waals surface area contributed by atoms with Crippen molar-refractivity contribution in [1.82, 2.24) is 10.2 Å². The van der Waals surface area contributed by atoms with Crippen molar-refractivity contribution in [3.8, 4) is 0 Å². The first-order chi connectivity index (χ1) is 15.7. The summed E-state index contributed by atoms with van der Waals surface area (Å²) in [7, 11) is 0. The summed E-state index contributed by atoms with van der Waals surface area (Å²) in [6, 6.07) is 8.80. The Morgan fingerprint density at radius 2 is 1.79 bits per heavy atom. The highest BCUT2D eigenvalue weighted by molar-refractivity contribution is 14.0. The van der Waals surface area contributed by atoms with Gasteiger partial charge in [-0.25, -0.2) is 0 Å². The van der Waals surface area contributed by atoms with Crippen molar-refractivity contribution in [2.45, 2.75) is 70.7 Å². The van der Waals surface area contributed by atoms with Crippen molar-refractivity contribution in [2.24, 2.45) is 10.9 Å². The van der Waals surface area contributed by atoms with Crippen LogP contribution in [-0.4, -0.2) is 69.1 Å². The molecule has 3 heterocycles. The minimum Gasteiger partial charge on any atom is -0.376 e. The molecular weight excluding hydrogens is 529 g/mol. The number of halogens is 1. The molecule has 0 aliphatic carbocycles. The molecule has 3 atom stereocenters. The van der Waals surface area contributed by atoms with Crippen molar-refractivity contribution in [3.05, 3.63) is 35.4 Å². The molecule has 0 aromatic heterocycles. The minimum atomic E-state index is 0. The summed E-state index contributed by atoms with van der Waals surface area (Å²) in [6.45, 7) is 10.4. The van der Waals surface area contributed by atoms with Crippen LogP contribution in [0.5, 0.6) is 0 Å². The van der Waals surface area contributed by atoms with E-state index >= 15 is 0 Å². The van der Waals surface area contributed by atoms with E-state index in [1.165, 1.54) is 24.0 Å².